The number of fused-ring (bicyclic) bond motifs is 4. The molecule has 0 bridgehead atoms. The Bertz CT molecular complexity index is 1190. The fraction of sp³-hybridized carbons (Fsp3) is 0.360. The molecule has 0 aromatic heterocycles. The summed E-state index contributed by atoms with van der Waals surface area (Å²) in [6, 6.07) is 5.86. The van der Waals surface area contributed by atoms with Crippen molar-refractivity contribution in [1.29, 1.82) is 0 Å². The van der Waals surface area contributed by atoms with E-state index in [-0.39, 0.29) is 40.4 Å². The summed E-state index contributed by atoms with van der Waals surface area (Å²) in [4.78, 5) is 43.3. The molecule has 0 radical (unpaired) electrons. The second kappa shape index (κ2) is 7.76. The van der Waals surface area contributed by atoms with E-state index in [9.17, 15) is 24.6 Å². The number of ketones is 3. The van der Waals surface area contributed by atoms with E-state index in [1.807, 2.05) is 6.92 Å². The molecule has 0 fully saturated rings. The summed E-state index contributed by atoms with van der Waals surface area (Å²) < 4.78 is 0. The highest BCUT2D eigenvalue weighted by atomic mass is 16.3. The van der Waals surface area contributed by atoms with Crippen molar-refractivity contribution < 1.29 is 24.6 Å². The number of aliphatic imine (C=N–C) groups is 1. The van der Waals surface area contributed by atoms with Gasteiger partial charge in [0.2, 0.25) is 11.6 Å². The normalized spacial score (nSPS) is 21.2. The maximum Gasteiger partial charge on any atom is 0.233 e. The van der Waals surface area contributed by atoms with Crippen molar-refractivity contribution >= 4 is 34.3 Å². The summed E-state index contributed by atoms with van der Waals surface area (Å²) in [7, 11) is 0. The number of hydrogen-bond donors (Lipinski definition) is 2. The van der Waals surface area contributed by atoms with Gasteiger partial charge in [-0.25, -0.2) is 0 Å². The van der Waals surface area contributed by atoms with E-state index in [0.717, 1.165) is 19.3 Å². The fourth-order valence-corrected chi connectivity index (χ4v) is 4.69. The topological polar surface area (TPSA) is 104 Å². The number of carbonyl (C=O) groups excluding carboxylic acids is 3. The lowest BCUT2D eigenvalue weighted by Gasteiger charge is -2.40. The van der Waals surface area contributed by atoms with Crippen molar-refractivity contribution in [3.63, 3.8) is 0 Å². The molecule has 6 nitrogen and oxygen atoms in total. The SMILES string of the molecule is CCCCCN=CC1=C2C(=O)C(=O)c3cc4c(O)ccc(O)c4cc3[C@]2(C)CCC1=O. The van der Waals surface area contributed by atoms with Crippen LogP contribution < -0.4 is 0 Å². The smallest absolute Gasteiger partial charge is 0.233 e. The number of Topliss-reactive ketones (excluding diaryl/α,β-unsaturated/α-hetero) is 3. The number of nitrogens with zero attached hydrogens (tertiary/aromatic N) is 1. The third-order valence-electron chi connectivity index (χ3n) is 6.47. The number of benzene rings is 2. The van der Waals surface area contributed by atoms with Crippen molar-refractivity contribution in [3.05, 3.63) is 46.5 Å². The summed E-state index contributed by atoms with van der Waals surface area (Å²) in [5, 5.41) is 21.2. The second-order valence-corrected chi connectivity index (χ2v) is 8.49. The van der Waals surface area contributed by atoms with Gasteiger partial charge >= 0.3 is 0 Å². The number of phenolic OH excluding ortho intramolecular Hbond substituents is 2. The van der Waals surface area contributed by atoms with Crippen LogP contribution in [0.15, 0.2) is 40.4 Å². The molecule has 1 atom stereocenters. The number of unbranched alkanes of at least 4 members (excludes halogenated alkanes) is 2. The van der Waals surface area contributed by atoms with Gasteiger partial charge in [-0.05, 0) is 42.7 Å². The van der Waals surface area contributed by atoms with Crippen molar-refractivity contribution in [2.45, 2.75) is 51.4 Å². The minimum atomic E-state index is -0.856. The number of aromatic hydroxyl groups is 2. The van der Waals surface area contributed by atoms with Crippen LogP contribution in [0.3, 0.4) is 0 Å². The van der Waals surface area contributed by atoms with Crippen LogP contribution in [0.2, 0.25) is 0 Å². The average molecular weight is 419 g/mol. The molecule has 2 aromatic carbocycles. The maximum atomic E-state index is 13.2. The highest BCUT2D eigenvalue weighted by Crippen LogP contribution is 2.49. The number of allylic oxidation sites excluding steroid dienone is 2. The van der Waals surface area contributed by atoms with Crippen LogP contribution in [-0.2, 0) is 15.0 Å². The molecule has 0 saturated heterocycles. The minimum Gasteiger partial charge on any atom is -0.507 e. The van der Waals surface area contributed by atoms with Gasteiger partial charge in [0.15, 0.2) is 5.78 Å². The molecular formula is C25H25NO5. The predicted octanol–water partition coefficient (Wildman–Crippen LogP) is 4.19. The Labute approximate surface area is 180 Å². The van der Waals surface area contributed by atoms with Crippen LogP contribution in [-0.4, -0.2) is 40.3 Å². The fourth-order valence-electron chi connectivity index (χ4n) is 4.69. The zero-order valence-corrected chi connectivity index (χ0v) is 17.7. The van der Waals surface area contributed by atoms with Crippen molar-refractivity contribution in [2.24, 2.45) is 4.99 Å². The van der Waals surface area contributed by atoms with Gasteiger partial charge in [0, 0.05) is 52.1 Å². The first kappa shape index (κ1) is 21.0. The molecule has 0 saturated carbocycles. The molecule has 0 aliphatic heterocycles. The Kier molecular flexibility index (Phi) is 5.25. The number of phenols is 2. The van der Waals surface area contributed by atoms with Crippen molar-refractivity contribution in [1.82, 2.24) is 0 Å². The van der Waals surface area contributed by atoms with Gasteiger partial charge in [0.1, 0.15) is 11.5 Å². The molecule has 31 heavy (non-hydrogen) atoms. The molecule has 4 rings (SSSR count). The standard InChI is InChI=1S/C25H25NO5/c1-3-4-5-10-26-13-17-21(29)8-9-25(2)18-12-15-14(19(27)6-7-20(15)28)11-16(18)23(30)24(31)22(17)25/h6-7,11-13,27-28H,3-5,8-10H2,1-2H3/t25-/m0/s1. The van der Waals surface area contributed by atoms with E-state index in [4.69, 9.17) is 0 Å². The van der Waals surface area contributed by atoms with Gasteiger partial charge in [0.25, 0.3) is 0 Å². The summed E-state index contributed by atoms with van der Waals surface area (Å²) >= 11 is 0. The minimum absolute atomic E-state index is 0.0290. The Balaban J connectivity index is 1.92. The first-order chi connectivity index (χ1) is 14.8. The summed E-state index contributed by atoms with van der Waals surface area (Å²) in [6.07, 6.45) is 5.06. The van der Waals surface area contributed by atoms with Crippen LogP contribution in [0.1, 0.15) is 61.9 Å². The van der Waals surface area contributed by atoms with Gasteiger partial charge in [-0.2, -0.15) is 0 Å². The number of rotatable bonds is 5. The van der Waals surface area contributed by atoms with Gasteiger partial charge in [-0.1, -0.05) is 26.7 Å². The highest BCUT2D eigenvalue weighted by molar-refractivity contribution is 6.53. The molecular weight excluding hydrogens is 394 g/mol. The molecule has 6 heteroatoms. The van der Waals surface area contributed by atoms with Gasteiger partial charge in [-0.15, -0.1) is 0 Å². The van der Waals surface area contributed by atoms with Gasteiger partial charge < -0.3 is 10.2 Å². The monoisotopic (exact) mass is 419 g/mol. The highest BCUT2D eigenvalue weighted by Gasteiger charge is 2.49. The largest absolute Gasteiger partial charge is 0.507 e. The maximum absolute atomic E-state index is 13.2. The molecule has 0 spiro atoms. The van der Waals surface area contributed by atoms with Crippen molar-refractivity contribution in [3.8, 4) is 11.5 Å². The summed E-state index contributed by atoms with van der Waals surface area (Å²) in [6.45, 7) is 4.51. The Morgan fingerprint density at radius 2 is 1.71 bits per heavy atom. The zero-order valence-electron chi connectivity index (χ0n) is 17.7. The molecule has 0 heterocycles. The second-order valence-electron chi connectivity index (χ2n) is 8.49. The number of carbonyl (C=O) groups is 3. The zero-order chi connectivity index (χ0) is 22.3. The quantitative estimate of drug-likeness (QED) is 0.327. The first-order valence-corrected chi connectivity index (χ1v) is 10.7. The molecule has 0 amide bonds. The lowest BCUT2D eigenvalue weighted by atomic mass is 9.60. The lowest BCUT2D eigenvalue weighted by Crippen LogP contribution is -2.44. The van der Waals surface area contributed by atoms with Crippen LogP contribution in [0, 0.1) is 0 Å². The van der Waals surface area contributed by atoms with E-state index in [0.29, 0.717) is 29.3 Å². The van der Waals surface area contributed by atoms with E-state index in [1.165, 1.54) is 24.4 Å². The summed E-state index contributed by atoms with van der Waals surface area (Å²) in [5.74, 6) is -1.70. The Morgan fingerprint density at radius 1 is 1.03 bits per heavy atom. The molecule has 2 N–H and O–H groups in total. The third-order valence-corrected chi connectivity index (χ3v) is 6.47. The van der Waals surface area contributed by atoms with Gasteiger partial charge in [0.05, 0.1) is 0 Å². The molecule has 2 aliphatic carbocycles. The van der Waals surface area contributed by atoms with E-state index >= 15 is 0 Å². The predicted molar refractivity (Wildman–Crippen MR) is 118 cm³/mol. The van der Waals surface area contributed by atoms with Crippen LogP contribution in [0.5, 0.6) is 11.5 Å². The van der Waals surface area contributed by atoms with Gasteiger partial charge in [-0.3, -0.25) is 19.4 Å². The van der Waals surface area contributed by atoms with E-state index < -0.39 is 17.0 Å². The summed E-state index contributed by atoms with van der Waals surface area (Å²) in [5.41, 5.74) is 0.350. The van der Waals surface area contributed by atoms with Crippen molar-refractivity contribution in [2.75, 3.05) is 6.54 Å². The Morgan fingerprint density at radius 3 is 2.39 bits per heavy atom. The average Bonchev–Trinajstić information content (AvgIpc) is 2.76. The molecule has 2 aliphatic rings. The molecule has 0 unspecified atom stereocenters. The Hall–Kier alpha value is -3.28. The third kappa shape index (κ3) is 3.26. The van der Waals surface area contributed by atoms with Crippen LogP contribution in [0.4, 0.5) is 0 Å². The van der Waals surface area contributed by atoms with E-state index in [2.05, 4.69) is 11.9 Å². The van der Waals surface area contributed by atoms with E-state index in [1.54, 1.807) is 6.07 Å². The molecule has 2 aromatic rings. The lowest BCUT2D eigenvalue weighted by molar-refractivity contribution is -0.118. The number of hydrogen-bond acceptors (Lipinski definition) is 6. The molecule has 160 valence electrons. The first-order valence-electron chi connectivity index (χ1n) is 10.7. The van der Waals surface area contributed by atoms with Crippen LogP contribution in [0.25, 0.3) is 10.8 Å². The van der Waals surface area contributed by atoms with Crippen LogP contribution >= 0.6 is 0 Å².